The lowest BCUT2D eigenvalue weighted by Gasteiger charge is -2.31. The molecular formula is C46H90NO7+. The van der Waals surface area contributed by atoms with Crippen LogP contribution in [0.25, 0.3) is 0 Å². The summed E-state index contributed by atoms with van der Waals surface area (Å²) in [5.41, 5.74) is 0. The highest BCUT2D eigenvalue weighted by molar-refractivity contribution is 5.72. The Morgan fingerprint density at radius 3 is 1.15 bits per heavy atom. The summed E-state index contributed by atoms with van der Waals surface area (Å²) >= 11 is 0. The van der Waals surface area contributed by atoms with Crippen LogP contribution in [0, 0.1) is 0 Å². The molecule has 0 fully saturated rings. The van der Waals surface area contributed by atoms with Gasteiger partial charge >= 0.3 is 17.9 Å². The van der Waals surface area contributed by atoms with Crippen molar-refractivity contribution >= 4 is 17.9 Å². The van der Waals surface area contributed by atoms with Gasteiger partial charge in [0.15, 0.2) is 12.1 Å². The van der Waals surface area contributed by atoms with Crippen LogP contribution in [-0.2, 0) is 28.6 Å². The maximum absolute atomic E-state index is 12.7. The third kappa shape index (κ3) is 36.0. The molecule has 0 aliphatic carbocycles. The van der Waals surface area contributed by atoms with E-state index in [-0.39, 0.29) is 36.2 Å². The Morgan fingerprint density at radius 1 is 0.481 bits per heavy atom. The molecule has 0 aromatic rings. The fourth-order valence-electron chi connectivity index (χ4n) is 7.15. The third-order valence-electron chi connectivity index (χ3n) is 10.8. The maximum atomic E-state index is 12.7. The normalized spacial score (nSPS) is 12.8. The summed E-state index contributed by atoms with van der Waals surface area (Å²) < 4.78 is 17.2. The standard InChI is InChI=1S/C46H89NO7/c1-6-8-10-12-14-15-16-17-18-19-20-21-22-23-24-25-26-27-28-29-30-31-33-35-37-45(49)54-42(40-52-39-38-43(46(50)51)47(3,4)5)41-53-44(48)36-34-32-13-11-9-7-2/h42-43H,6-41H2,1-5H3/p+1. The second-order valence-corrected chi connectivity index (χ2v) is 17.0. The number of nitrogens with zero attached hydrogens (tertiary/aromatic N) is 1. The molecule has 2 unspecified atom stereocenters. The summed E-state index contributed by atoms with van der Waals surface area (Å²) in [4.78, 5) is 36.7. The lowest BCUT2D eigenvalue weighted by Crippen LogP contribution is -2.50. The molecule has 0 aliphatic rings. The molecule has 0 rings (SSSR count). The predicted molar refractivity (Wildman–Crippen MR) is 225 cm³/mol. The van der Waals surface area contributed by atoms with Crippen LogP contribution in [0.15, 0.2) is 0 Å². The van der Waals surface area contributed by atoms with Gasteiger partial charge in [0.1, 0.15) is 6.61 Å². The Bertz CT molecular complexity index is 858. The topological polar surface area (TPSA) is 99.1 Å². The van der Waals surface area contributed by atoms with Gasteiger partial charge in [-0.1, -0.05) is 194 Å². The number of quaternary nitrogens is 1. The molecular weight excluding hydrogens is 679 g/mol. The largest absolute Gasteiger partial charge is 0.477 e. The molecule has 0 aromatic heterocycles. The number of esters is 2. The molecule has 0 saturated carbocycles. The summed E-state index contributed by atoms with van der Waals surface area (Å²) in [6, 6.07) is -0.607. The van der Waals surface area contributed by atoms with Crippen LogP contribution >= 0.6 is 0 Å². The monoisotopic (exact) mass is 769 g/mol. The van der Waals surface area contributed by atoms with Crippen molar-refractivity contribution in [2.45, 2.75) is 238 Å². The minimum atomic E-state index is -0.872. The lowest BCUT2D eigenvalue weighted by molar-refractivity contribution is -0.887. The molecule has 0 spiro atoms. The zero-order chi connectivity index (χ0) is 40.0. The van der Waals surface area contributed by atoms with E-state index in [1.807, 2.05) is 21.1 Å². The van der Waals surface area contributed by atoms with E-state index >= 15 is 0 Å². The number of carboxylic acids is 1. The van der Waals surface area contributed by atoms with E-state index in [4.69, 9.17) is 14.2 Å². The average molecular weight is 769 g/mol. The van der Waals surface area contributed by atoms with Crippen LogP contribution in [0.1, 0.15) is 226 Å². The Hall–Kier alpha value is -1.67. The maximum Gasteiger partial charge on any atom is 0.362 e. The van der Waals surface area contributed by atoms with Crippen molar-refractivity contribution in [2.75, 3.05) is 41.0 Å². The zero-order valence-corrected chi connectivity index (χ0v) is 36.5. The van der Waals surface area contributed by atoms with E-state index in [9.17, 15) is 19.5 Å². The summed E-state index contributed by atoms with van der Waals surface area (Å²) in [5.74, 6) is -1.46. The number of ether oxygens (including phenoxy) is 3. The van der Waals surface area contributed by atoms with Crippen molar-refractivity contribution < 1.29 is 38.2 Å². The number of likely N-dealkylation sites (N-methyl/N-ethyl adjacent to an activating group) is 1. The van der Waals surface area contributed by atoms with Crippen molar-refractivity contribution in [3.63, 3.8) is 0 Å². The van der Waals surface area contributed by atoms with E-state index in [2.05, 4.69) is 13.8 Å². The number of hydrogen-bond acceptors (Lipinski definition) is 6. The molecule has 0 amide bonds. The number of rotatable bonds is 42. The summed E-state index contributed by atoms with van der Waals surface area (Å²) in [6.07, 6.45) is 39.0. The second-order valence-electron chi connectivity index (χ2n) is 17.0. The second kappa shape index (κ2) is 38.2. The smallest absolute Gasteiger partial charge is 0.362 e. The van der Waals surface area contributed by atoms with Gasteiger partial charge in [-0.2, -0.15) is 0 Å². The van der Waals surface area contributed by atoms with Crippen molar-refractivity contribution in [3.05, 3.63) is 0 Å². The Morgan fingerprint density at radius 2 is 0.815 bits per heavy atom. The quantitative estimate of drug-likeness (QED) is 0.0375. The molecule has 54 heavy (non-hydrogen) atoms. The number of carbonyl (C=O) groups is 3. The molecule has 1 N–H and O–H groups in total. The van der Waals surface area contributed by atoms with E-state index in [1.54, 1.807) is 0 Å². The van der Waals surface area contributed by atoms with Crippen molar-refractivity contribution in [1.82, 2.24) is 0 Å². The molecule has 0 saturated heterocycles. The Balaban J connectivity index is 4.01. The SMILES string of the molecule is CCCCCCCCCCCCCCCCCCCCCCCCCCC(=O)OC(COCCC(C(=O)O)[N+](C)(C)C)COC(=O)CCCCCCCC. The first-order valence-corrected chi connectivity index (χ1v) is 23.1. The zero-order valence-electron chi connectivity index (χ0n) is 36.5. The van der Waals surface area contributed by atoms with Gasteiger partial charge in [-0.25, -0.2) is 4.79 Å². The van der Waals surface area contributed by atoms with Crippen LogP contribution in [0.5, 0.6) is 0 Å². The molecule has 0 heterocycles. The van der Waals surface area contributed by atoms with Crippen LogP contribution in [0.4, 0.5) is 0 Å². The first-order chi connectivity index (χ1) is 26.1. The molecule has 0 radical (unpaired) electrons. The highest BCUT2D eigenvalue weighted by Gasteiger charge is 2.31. The van der Waals surface area contributed by atoms with Gasteiger partial charge in [0.25, 0.3) is 0 Å². The van der Waals surface area contributed by atoms with E-state index in [0.717, 1.165) is 38.5 Å². The first-order valence-electron chi connectivity index (χ1n) is 23.1. The highest BCUT2D eigenvalue weighted by Crippen LogP contribution is 2.17. The van der Waals surface area contributed by atoms with Crippen molar-refractivity contribution in [1.29, 1.82) is 0 Å². The molecule has 8 nitrogen and oxygen atoms in total. The summed E-state index contributed by atoms with van der Waals surface area (Å²) in [7, 11) is 5.53. The molecule has 2 atom stereocenters. The van der Waals surface area contributed by atoms with Gasteiger partial charge in [-0.3, -0.25) is 9.59 Å². The van der Waals surface area contributed by atoms with Gasteiger partial charge < -0.3 is 23.8 Å². The number of hydrogen-bond donors (Lipinski definition) is 1. The minimum absolute atomic E-state index is 0.0441. The number of aliphatic carboxylic acids is 1. The Labute approximate surface area is 334 Å². The summed E-state index contributed by atoms with van der Waals surface area (Å²) in [5, 5.41) is 9.59. The fraction of sp³-hybridized carbons (Fsp3) is 0.935. The van der Waals surface area contributed by atoms with Gasteiger partial charge in [-0.05, 0) is 12.8 Å². The van der Waals surface area contributed by atoms with E-state index < -0.39 is 18.1 Å². The summed E-state index contributed by atoms with van der Waals surface area (Å²) in [6.45, 7) is 4.71. The lowest BCUT2D eigenvalue weighted by atomic mass is 10.0. The molecule has 8 heteroatoms. The van der Waals surface area contributed by atoms with E-state index in [0.29, 0.717) is 19.3 Å². The van der Waals surface area contributed by atoms with Crippen molar-refractivity contribution in [2.24, 2.45) is 0 Å². The third-order valence-corrected chi connectivity index (χ3v) is 10.8. The van der Waals surface area contributed by atoms with Crippen LogP contribution < -0.4 is 0 Å². The van der Waals surface area contributed by atoms with Gasteiger partial charge in [-0.15, -0.1) is 0 Å². The van der Waals surface area contributed by atoms with Crippen LogP contribution in [0.3, 0.4) is 0 Å². The van der Waals surface area contributed by atoms with Gasteiger partial charge in [0.2, 0.25) is 0 Å². The predicted octanol–water partition coefficient (Wildman–Crippen LogP) is 12.5. The first kappa shape index (κ1) is 52.3. The van der Waals surface area contributed by atoms with Crippen LogP contribution in [0.2, 0.25) is 0 Å². The minimum Gasteiger partial charge on any atom is -0.477 e. The van der Waals surface area contributed by atoms with Gasteiger partial charge in [0, 0.05) is 19.3 Å². The molecule has 320 valence electrons. The number of carboxylic acid groups (broad SMARTS) is 1. The highest BCUT2D eigenvalue weighted by atomic mass is 16.6. The van der Waals surface area contributed by atoms with Crippen LogP contribution in [-0.4, -0.2) is 80.6 Å². The average Bonchev–Trinajstić information content (AvgIpc) is 3.12. The molecule has 0 aromatic carbocycles. The molecule has 0 bridgehead atoms. The number of unbranched alkanes of at least 4 members (excludes halogenated alkanes) is 28. The Kier molecular flexibility index (Phi) is 37.0. The fourth-order valence-corrected chi connectivity index (χ4v) is 7.15. The van der Waals surface area contributed by atoms with Crippen molar-refractivity contribution in [3.8, 4) is 0 Å². The number of carbonyl (C=O) groups excluding carboxylic acids is 2. The van der Waals surface area contributed by atoms with E-state index in [1.165, 1.54) is 154 Å². The molecule has 0 aliphatic heterocycles. The van der Waals surface area contributed by atoms with Gasteiger partial charge in [0.05, 0.1) is 34.4 Å².